The van der Waals surface area contributed by atoms with Gasteiger partial charge in [0.05, 0.1) is 50.3 Å². The first-order valence-electron chi connectivity index (χ1n) is 27.0. The molecule has 2 aromatic rings. The summed E-state index contributed by atoms with van der Waals surface area (Å²) in [6.07, 6.45) is -21.5. The molecule has 23 nitrogen and oxygen atoms in total. The van der Waals surface area contributed by atoms with Crippen LogP contribution in [0.5, 0.6) is 5.75 Å². The van der Waals surface area contributed by atoms with E-state index in [-0.39, 0.29) is 50.5 Å². The number of benzene rings is 2. The van der Waals surface area contributed by atoms with E-state index in [1.807, 2.05) is 38.1 Å². The summed E-state index contributed by atoms with van der Waals surface area (Å²) < 4.78 is 61.5. The third kappa shape index (κ3) is 13.6. The van der Waals surface area contributed by atoms with Gasteiger partial charge in [0, 0.05) is 36.7 Å². The predicted octanol–water partition coefficient (Wildman–Crippen LogP) is 0.0571. The Kier molecular flexibility index (Phi) is 20.9. The lowest BCUT2D eigenvalue weighted by Gasteiger charge is -2.49. The number of ether oxygens (including phenoxy) is 10. The van der Waals surface area contributed by atoms with Crippen molar-refractivity contribution in [1.29, 1.82) is 0 Å². The number of aliphatic hydroxyl groups is 8. The number of para-hydroxylation sites is 1. The Labute approximate surface area is 452 Å². The number of fused-ring (bicyclic) bond motifs is 1. The third-order valence-electron chi connectivity index (χ3n) is 15.4. The first kappa shape index (κ1) is 59.6. The molecule has 9 N–H and O–H groups in total. The van der Waals surface area contributed by atoms with Crippen molar-refractivity contribution in [2.75, 3.05) is 46.1 Å². The summed E-state index contributed by atoms with van der Waals surface area (Å²) in [5, 5.41) is 90.3. The summed E-state index contributed by atoms with van der Waals surface area (Å²) in [6.45, 7) is 8.36. The number of aliphatic hydroxyl groups excluding tert-OH is 8. The molecule has 1 saturated carbocycles. The highest BCUT2D eigenvalue weighted by molar-refractivity contribution is 5.89. The van der Waals surface area contributed by atoms with Crippen molar-refractivity contribution >= 4 is 23.9 Å². The second-order valence-electron chi connectivity index (χ2n) is 20.7. The molecule has 432 valence electrons. The molecule has 0 aromatic heterocycles. The van der Waals surface area contributed by atoms with Crippen LogP contribution in [-0.2, 0) is 52.2 Å². The molecule has 5 aliphatic heterocycles. The number of amides is 2. The largest absolute Gasteiger partial charge is 0.457 e. The number of hydrogen-bond donors (Lipinski definition) is 9. The Morgan fingerprint density at radius 3 is 2.13 bits per heavy atom. The first-order valence-corrected chi connectivity index (χ1v) is 27.0. The number of esters is 1. The average molecular weight is 1100 g/mol. The number of carbonyl (C=O) groups excluding carboxylic acids is 3. The number of hydrogen-bond acceptors (Lipinski definition) is 21. The van der Waals surface area contributed by atoms with E-state index < -0.39 is 147 Å². The summed E-state index contributed by atoms with van der Waals surface area (Å²) in [6, 6.07) is 15.3. The summed E-state index contributed by atoms with van der Waals surface area (Å²) >= 11 is 0. The van der Waals surface area contributed by atoms with Crippen LogP contribution in [0.25, 0.3) is 6.08 Å². The van der Waals surface area contributed by atoms with E-state index in [0.29, 0.717) is 43.0 Å². The van der Waals surface area contributed by atoms with Crippen LogP contribution in [0, 0.1) is 11.8 Å². The highest BCUT2D eigenvalue weighted by Gasteiger charge is 2.54. The van der Waals surface area contributed by atoms with E-state index in [2.05, 4.69) is 11.9 Å². The molecule has 6 aliphatic rings. The second kappa shape index (κ2) is 27.3. The van der Waals surface area contributed by atoms with Crippen LogP contribution in [0.3, 0.4) is 0 Å². The van der Waals surface area contributed by atoms with Crippen LogP contribution >= 0.6 is 0 Å². The van der Waals surface area contributed by atoms with E-state index in [9.17, 15) is 55.2 Å². The normalized spacial score (nSPS) is 36.3. The van der Waals surface area contributed by atoms with Gasteiger partial charge in [0.2, 0.25) is 5.91 Å². The van der Waals surface area contributed by atoms with Crippen molar-refractivity contribution in [2.24, 2.45) is 11.8 Å². The third-order valence-corrected chi connectivity index (χ3v) is 15.4. The summed E-state index contributed by atoms with van der Waals surface area (Å²) in [4.78, 5) is 43.7. The molecule has 1 aliphatic carbocycles. The average Bonchev–Trinajstić information content (AvgIpc) is 3.42. The van der Waals surface area contributed by atoms with Gasteiger partial charge in [-0.2, -0.15) is 0 Å². The summed E-state index contributed by atoms with van der Waals surface area (Å²) in [5.41, 5.74) is 1.47. The topological polar surface area (TPSA) is 321 Å². The van der Waals surface area contributed by atoms with Gasteiger partial charge in [0.15, 0.2) is 25.0 Å². The number of nitrogens with one attached hydrogen (secondary N) is 1. The van der Waals surface area contributed by atoms with Gasteiger partial charge >= 0.3 is 5.97 Å². The van der Waals surface area contributed by atoms with E-state index in [1.165, 1.54) is 19.1 Å². The van der Waals surface area contributed by atoms with Gasteiger partial charge in [-0.1, -0.05) is 69.7 Å². The first-order chi connectivity index (χ1) is 37.5. The monoisotopic (exact) mass is 1100 g/mol. The quantitative estimate of drug-likeness (QED) is 0.0556. The van der Waals surface area contributed by atoms with Crippen molar-refractivity contribution in [3.05, 3.63) is 83.6 Å². The van der Waals surface area contributed by atoms with Crippen LogP contribution in [0.2, 0.25) is 0 Å². The standard InChI is InChI=1S/C55H76N2O21/c1-5-13-36(51(67)57-19-12-20-57)73-48-42(62)39(26-59)76-55(49(48)77-52(68)31-14-8-7-9-15-31)74-37-24-33(22-30(6-2)46(37)78-54-44(64)43(63)40(60)29(4)72-54)50(66)56-18-21-69-53-45(65)47(41(61)38(25-58)75-53)70-27-34-23-32-16-10-11-17-35(32)71-28(34)3/h7-11,14-17,23,29-30,33,36-49,53-55,58-65H,3,5-6,12-13,18-22,24-27H2,1-2,4H3,(H,56,66)/t29?,30-,33?,36+,37-,38-,39?,40-,41-,42+,43+,44?,45?,46?,47?,48?,49?,53+,54+,55-/m1/s1. The van der Waals surface area contributed by atoms with Gasteiger partial charge in [-0.25, -0.2) is 4.79 Å². The smallest absolute Gasteiger partial charge is 0.338 e. The van der Waals surface area contributed by atoms with Gasteiger partial charge in [-0.05, 0) is 62.8 Å². The summed E-state index contributed by atoms with van der Waals surface area (Å²) in [7, 11) is 0. The SMILES string of the molecule is C=C1Oc2ccccc2C=C1COC1C(O)[C@@H](OCCNC(=O)C2C[C@@H](CC)C(O[C@@H]3OC(C)[C@@H](O)[C@H](O)C3O)[C@H](O[C@@H]3OC(CO)[C@H](O)C(O[C@@H](CCC)C(=O)N4CCC4)C3OC(=O)c3ccccc3)C2)O[C@H](CO)[C@H]1O. The van der Waals surface area contributed by atoms with E-state index >= 15 is 0 Å². The molecule has 9 unspecified atom stereocenters. The zero-order chi connectivity index (χ0) is 55.8. The van der Waals surface area contributed by atoms with Crippen LogP contribution in [0.1, 0.15) is 75.2 Å². The number of carbonyl (C=O) groups is 3. The Bertz CT molecular complexity index is 2340. The second-order valence-corrected chi connectivity index (χ2v) is 20.7. The lowest BCUT2D eigenvalue weighted by Crippen LogP contribution is -2.64. The van der Waals surface area contributed by atoms with E-state index in [4.69, 9.17) is 47.4 Å². The fourth-order valence-electron chi connectivity index (χ4n) is 10.7. The fraction of sp³-hybridized carbons (Fsp3) is 0.655. The Morgan fingerprint density at radius 2 is 1.45 bits per heavy atom. The zero-order valence-corrected chi connectivity index (χ0v) is 44.1. The molecular formula is C55H76N2O21. The molecule has 78 heavy (non-hydrogen) atoms. The minimum Gasteiger partial charge on any atom is -0.457 e. The molecule has 2 aromatic carbocycles. The maximum atomic E-state index is 14.3. The lowest BCUT2D eigenvalue weighted by molar-refractivity contribution is -0.349. The van der Waals surface area contributed by atoms with Crippen LogP contribution in [0.15, 0.2) is 72.5 Å². The van der Waals surface area contributed by atoms with Crippen molar-refractivity contribution in [2.45, 2.75) is 170 Å². The van der Waals surface area contributed by atoms with Crippen molar-refractivity contribution in [3.8, 4) is 5.75 Å². The predicted molar refractivity (Wildman–Crippen MR) is 271 cm³/mol. The molecular weight excluding hydrogens is 1020 g/mol. The minimum absolute atomic E-state index is 0.112. The van der Waals surface area contributed by atoms with Crippen LogP contribution in [0.4, 0.5) is 0 Å². The highest BCUT2D eigenvalue weighted by atomic mass is 16.7. The Morgan fingerprint density at radius 1 is 0.756 bits per heavy atom. The van der Waals surface area contributed by atoms with Crippen molar-refractivity contribution in [1.82, 2.24) is 10.2 Å². The van der Waals surface area contributed by atoms with E-state index in [0.717, 1.165) is 12.0 Å². The van der Waals surface area contributed by atoms with Crippen LogP contribution in [-0.4, -0.2) is 220 Å². The number of nitrogens with zero attached hydrogens (tertiary/aromatic N) is 1. The van der Waals surface area contributed by atoms with Gasteiger partial charge in [0.1, 0.15) is 78.7 Å². The maximum Gasteiger partial charge on any atom is 0.338 e. The van der Waals surface area contributed by atoms with Crippen molar-refractivity contribution in [3.63, 3.8) is 0 Å². The summed E-state index contributed by atoms with van der Waals surface area (Å²) in [5.74, 6) is -2.07. The van der Waals surface area contributed by atoms with Gasteiger partial charge < -0.3 is 98.4 Å². The minimum atomic E-state index is -1.72. The molecule has 4 saturated heterocycles. The van der Waals surface area contributed by atoms with E-state index in [1.54, 1.807) is 29.2 Å². The fourth-order valence-corrected chi connectivity index (χ4v) is 10.7. The van der Waals surface area contributed by atoms with Gasteiger partial charge in [-0.15, -0.1) is 0 Å². The molecule has 5 heterocycles. The molecule has 0 radical (unpaired) electrons. The number of rotatable bonds is 22. The molecule has 20 atom stereocenters. The van der Waals surface area contributed by atoms with Gasteiger partial charge in [-0.3, -0.25) is 9.59 Å². The molecule has 0 bridgehead atoms. The maximum absolute atomic E-state index is 14.3. The van der Waals surface area contributed by atoms with Crippen molar-refractivity contribution < 1.29 is 103 Å². The Balaban J connectivity index is 1.00. The highest BCUT2D eigenvalue weighted by Crippen LogP contribution is 2.41. The molecule has 8 rings (SSSR count). The van der Waals surface area contributed by atoms with Crippen LogP contribution < -0.4 is 10.1 Å². The molecule has 0 spiro atoms. The van der Waals surface area contributed by atoms with Gasteiger partial charge in [0.25, 0.3) is 5.91 Å². The molecule has 23 heteroatoms. The lowest BCUT2D eigenvalue weighted by atomic mass is 9.75. The molecule has 2 amide bonds. The zero-order valence-electron chi connectivity index (χ0n) is 44.1. The molecule has 5 fully saturated rings. The Hall–Kier alpha value is -4.51. The number of likely N-dealkylation sites (tertiary alicyclic amines) is 1.